The molecule has 2 nitrogen and oxygen atoms in total. The molecular weight excluding hydrogens is 147 g/mol. The van der Waals surface area contributed by atoms with Gasteiger partial charge in [0.1, 0.15) is 7.85 Å². The zero-order valence-corrected chi connectivity index (χ0v) is 7.59. The third-order valence-corrected chi connectivity index (χ3v) is 2.24. The molecule has 2 rings (SSSR count). The van der Waals surface area contributed by atoms with E-state index in [9.17, 15) is 0 Å². The summed E-state index contributed by atoms with van der Waals surface area (Å²) in [5.74, 6) is 0. The van der Waals surface area contributed by atoms with Crippen LogP contribution >= 0.6 is 0 Å². The molecule has 0 aromatic heterocycles. The number of nitrogens with two attached hydrogens (primary N) is 1. The van der Waals surface area contributed by atoms with Crippen LogP contribution in [0.3, 0.4) is 0 Å². The summed E-state index contributed by atoms with van der Waals surface area (Å²) in [5, 5.41) is 0. The van der Waals surface area contributed by atoms with E-state index >= 15 is 0 Å². The standard InChI is InChI=1S/C9H13BN2/c1-12-5-7(10)4-8(11)9(12)6-2-3-6/h4-5H,2-3,10-11H2,1H3. The van der Waals surface area contributed by atoms with Gasteiger partial charge in [-0.2, -0.15) is 0 Å². The maximum Gasteiger partial charge on any atom is 0.141 e. The Labute approximate surface area is 73.8 Å². The van der Waals surface area contributed by atoms with Gasteiger partial charge in [-0.25, -0.2) is 0 Å². The topological polar surface area (TPSA) is 29.3 Å². The van der Waals surface area contributed by atoms with Crippen LogP contribution in [0.1, 0.15) is 12.8 Å². The molecule has 0 spiro atoms. The Hall–Kier alpha value is -1.12. The monoisotopic (exact) mass is 160 g/mol. The highest BCUT2D eigenvalue weighted by Crippen LogP contribution is 2.36. The molecule has 0 aromatic carbocycles. The van der Waals surface area contributed by atoms with E-state index in [0.717, 1.165) is 5.70 Å². The van der Waals surface area contributed by atoms with Crippen LogP contribution in [0, 0.1) is 0 Å². The molecule has 0 radical (unpaired) electrons. The van der Waals surface area contributed by atoms with E-state index in [4.69, 9.17) is 5.73 Å². The van der Waals surface area contributed by atoms with Crippen molar-refractivity contribution in [3.05, 3.63) is 34.7 Å². The Morgan fingerprint density at radius 3 is 2.67 bits per heavy atom. The minimum Gasteiger partial charge on any atom is -0.397 e. The van der Waals surface area contributed by atoms with Crippen LogP contribution in [0.5, 0.6) is 0 Å². The summed E-state index contributed by atoms with van der Waals surface area (Å²) in [6.07, 6.45) is 6.61. The fourth-order valence-corrected chi connectivity index (χ4v) is 1.68. The van der Waals surface area contributed by atoms with Crippen LogP contribution in [-0.2, 0) is 0 Å². The van der Waals surface area contributed by atoms with Gasteiger partial charge >= 0.3 is 0 Å². The van der Waals surface area contributed by atoms with Crippen molar-refractivity contribution in [2.75, 3.05) is 7.05 Å². The lowest BCUT2D eigenvalue weighted by Crippen LogP contribution is -2.21. The van der Waals surface area contributed by atoms with Crippen LogP contribution < -0.4 is 5.73 Å². The highest BCUT2D eigenvalue weighted by atomic mass is 15.1. The van der Waals surface area contributed by atoms with Crippen molar-refractivity contribution in [2.24, 2.45) is 5.73 Å². The maximum atomic E-state index is 5.92. The summed E-state index contributed by atoms with van der Waals surface area (Å²) in [5.41, 5.74) is 10.8. The minimum atomic E-state index is 0.921. The molecule has 0 aromatic rings. The maximum absolute atomic E-state index is 5.92. The zero-order chi connectivity index (χ0) is 8.72. The van der Waals surface area contributed by atoms with Gasteiger partial charge in [-0.3, -0.25) is 0 Å². The van der Waals surface area contributed by atoms with Gasteiger partial charge in [0.05, 0.1) is 11.4 Å². The normalized spacial score (nSPS) is 22.2. The number of rotatable bonds is 0. The third-order valence-electron chi connectivity index (χ3n) is 2.24. The number of hydrogen-bond acceptors (Lipinski definition) is 2. The minimum absolute atomic E-state index is 0.921. The van der Waals surface area contributed by atoms with Crippen molar-refractivity contribution < 1.29 is 0 Å². The lowest BCUT2D eigenvalue weighted by Gasteiger charge is -2.23. The summed E-state index contributed by atoms with van der Waals surface area (Å²) >= 11 is 0. The van der Waals surface area contributed by atoms with Crippen molar-refractivity contribution >= 4 is 7.85 Å². The second kappa shape index (κ2) is 2.44. The Balaban J connectivity index is 2.40. The molecule has 1 aliphatic carbocycles. The average molecular weight is 160 g/mol. The summed E-state index contributed by atoms with van der Waals surface area (Å²) in [6.45, 7) is 0. The van der Waals surface area contributed by atoms with Gasteiger partial charge in [0.15, 0.2) is 0 Å². The van der Waals surface area contributed by atoms with Gasteiger partial charge in [-0.1, -0.05) is 5.47 Å². The van der Waals surface area contributed by atoms with Gasteiger partial charge in [-0.05, 0) is 30.7 Å². The molecule has 2 N–H and O–H groups in total. The van der Waals surface area contributed by atoms with E-state index in [-0.39, 0.29) is 0 Å². The first-order valence-electron chi connectivity index (χ1n) is 4.29. The molecule has 0 bridgehead atoms. The van der Waals surface area contributed by atoms with Crippen LogP contribution in [0.15, 0.2) is 34.7 Å². The average Bonchev–Trinajstić information content (AvgIpc) is 2.68. The Bertz CT molecular complexity index is 306. The lowest BCUT2D eigenvalue weighted by atomic mass is 9.93. The van der Waals surface area contributed by atoms with Crippen molar-refractivity contribution in [3.63, 3.8) is 0 Å². The van der Waals surface area contributed by atoms with Gasteiger partial charge in [0.25, 0.3) is 0 Å². The van der Waals surface area contributed by atoms with E-state index in [1.807, 2.05) is 6.08 Å². The second-order valence-electron chi connectivity index (χ2n) is 3.54. The number of likely N-dealkylation sites (N-methyl/N-ethyl adjacent to an activating group) is 1. The van der Waals surface area contributed by atoms with Crippen molar-refractivity contribution in [3.8, 4) is 0 Å². The number of nitrogens with zero attached hydrogens (tertiary/aromatic N) is 1. The van der Waals surface area contributed by atoms with Crippen LogP contribution in [-0.4, -0.2) is 19.8 Å². The van der Waals surface area contributed by atoms with E-state index in [2.05, 4.69) is 26.0 Å². The first kappa shape index (κ1) is 7.53. The van der Waals surface area contributed by atoms with Crippen LogP contribution in [0.4, 0.5) is 0 Å². The summed E-state index contributed by atoms with van der Waals surface area (Å²) in [7, 11) is 4.13. The molecule has 3 heteroatoms. The molecule has 1 heterocycles. The van der Waals surface area contributed by atoms with Gasteiger partial charge < -0.3 is 10.6 Å². The molecule has 0 amide bonds. The third kappa shape index (κ3) is 1.15. The SMILES string of the molecule is BC1=CN(C)C(=C2CC2)C(N)=C1. The smallest absolute Gasteiger partial charge is 0.141 e. The molecule has 0 atom stereocenters. The molecule has 2 aliphatic rings. The molecule has 0 unspecified atom stereocenters. The molecule has 12 heavy (non-hydrogen) atoms. The highest BCUT2D eigenvalue weighted by molar-refractivity contribution is 6.23. The van der Waals surface area contributed by atoms with E-state index in [1.165, 1.54) is 29.6 Å². The first-order chi connectivity index (χ1) is 5.68. The van der Waals surface area contributed by atoms with Crippen molar-refractivity contribution in [1.82, 2.24) is 4.90 Å². The van der Waals surface area contributed by atoms with Crippen molar-refractivity contribution in [2.45, 2.75) is 12.8 Å². The predicted molar refractivity (Wildman–Crippen MR) is 52.9 cm³/mol. The zero-order valence-electron chi connectivity index (χ0n) is 7.59. The molecular formula is C9H13BN2. The fraction of sp³-hybridized carbons (Fsp3) is 0.333. The summed E-state index contributed by atoms with van der Waals surface area (Å²) in [4.78, 5) is 2.13. The molecule has 62 valence electrons. The Morgan fingerprint density at radius 1 is 1.50 bits per heavy atom. The molecule has 1 saturated carbocycles. The summed E-state index contributed by atoms with van der Waals surface area (Å²) < 4.78 is 0. The molecule has 0 saturated heterocycles. The highest BCUT2D eigenvalue weighted by Gasteiger charge is 2.22. The molecule has 1 aliphatic heterocycles. The van der Waals surface area contributed by atoms with Gasteiger partial charge in [-0.15, -0.1) is 0 Å². The first-order valence-corrected chi connectivity index (χ1v) is 4.29. The quantitative estimate of drug-likeness (QED) is 0.516. The Morgan fingerprint density at radius 2 is 2.17 bits per heavy atom. The van der Waals surface area contributed by atoms with Gasteiger partial charge in [0, 0.05) is 7.05 Å². The largest absolute Gasteiger partial charge is 0.397 e. The van der Waals surface area contributed by atoms with E-state index in [1.54, 1.807) is 0 Å². The van der Waals surface area contributed by atoms with Crippen LogP contribution in [0.25, 0.3) is 0 Å². The lowest BCUT2D eigenvalue weighted by molar-refractivity contribution is 0.566. The molecule has 1 fully saturated rings. The van der Waals surface area contributed by atoms with E-state index < -0.39 is 0 Å². The number of hydrogen-bond donors (Lipinski definition) is 1. The van der Waals surface area contributed by atoms with E-state index in [0.29, 0.717) is 0 Å². The van der Waals surface area contributed by atoms with Gasteiger partial charge in [0.2, 0.25) is 0 Å². The second-order valence-corrected chi connectivity index (χ2v) is 3.54. The summed E-state index contributed by atoms with van der Waals surface area (Å²) in [6, 6.07) is 0. The fourth-order valence-electron chi connectivity index (χ4n) is 1.68. The van der Waals surface area contributed by atoms with Crippen molar-refractivity contribution in [1.29, 1.82) is 0 Å². The predicted octanol–water partition coefficient (Wildman–Crippen LogP) is 0.297. The Kier molecular flexibility index (Phi) is 1.53. The number of allylic oxidation sites excluding steroid dienone is 3. The van der Waals surface area contributed by atoms with Crippen LogP contribution in [0.2, 0.25) is 0 Å².